The Labute approximate surface area is 213 Å². The highest BCUT2D eigenvalue weighted by Crippen LogP contribution is 2.68. The average molecular weight is 491 g/mol. The van der Waals surface area contributed by atoms with Gasteiger partial charge in [-0.15, -0.1) is 0 Å². The van der Waals surface area contributed by atoms with Crippen LogP contribution in [0.15, 0.2) is 0 Å². The van der Waals surface area contributed by atoms with Crippen LogP contribution in [0.5, 0.6) is 0 Å². The molecule has 0 saturated heterocycles. The van der Waals surface area contributed by atoms with Crippen LogP contribution >= 0.6 is 0 Å². The summed E-state index contributed by atoms with van der Waals surface area (Å²) in [6, 6.07) is 0. The third kappa shape index (κ3) is 4.74. The molecule has 0 N–H and O–H groups in total. The van der Waals surface area contributed by atoms with Crippen molar-refractivity contribution in [2.45, 2.75) is 105 Å². The molecule has 0 amide bonds. The normalized spacial score (nSPS) is 43.7. The highest BCUT2D eigenvalue weighted by atomic mass is 16.7. The van der Waals surface area contributed by atoms with Gasteiger partial charge in [0.1, 0.15) is 12.6 Å². The minimum absolute atomic E-state index is 0.0694. The molecule has 0 aromatic rings. The van der Waals surface area contributed by atoms with Crippen molar-refractivity contribution in [1.29, 1.82) is 0 Å². The highest BCUT2D eigenvalue weighted by molar-refractivity contribution is 5.86. The molecule has 5 heteroatoms. The second-order valence-corrected chi connectivity index (χ2v) is 12.8. The minimum atomic E-state index is -0.0694. The lowest BCUT2D eigenvalue weighted by atomic mass is 9.42. The number of methoxy groups -OCH3 is 1. The summed E-state index contributed by atoms with van der Waals surface area (Å²) in [5, 5.41) is 0. The third-order valence-electron chi connectivity index (χ3n) is 11.4. The summed E-state index contributed by atoms with van der Waals surface area (Å²) in [6.45, 7) is 12.2. The monoisotopic (exact) mass is 490 g/mol. The summed E-state index contributed by atoms with van der Waals surface area (Å²) in [5.41, 5.74) is 0.451. The van der Waals surface area contributed by atoms with Gasteiger partial charge in [0.15, 0.2) is 0 Å². The molecule has 0 aromatic carbocycles. The predicted molar refractivity (Wildman–Crippen MR) is 137 cm³/mol. The summed E-state index contributed by atoms with van der Waals surface area (Å²) < 4.78 is 16.4. The maximum absolute atomic E-state index is 14.2. The number of ketones is 1. The van der Waals surface area contributed by atoms with E-state index in [2.05, 4.69) is 27.7 Å². The lowest BCUT2D eigenvalue weighted by molar-refractivity contribution is -0.181. The topological polar surface area (TPSA) is 61.8 Å². The van der Waals surface area contributed by atoms with Crippen molar-refractivity contribution in [1.82, 2.24) is 0 Å². The number of hydrogen-bond acceptors (Lipinski definition) is 5. The lowest BCUT2D eigenvalue weighted by Gasteiger charge is -2.62. The number of carbonyl (C=O) groups excluding carboxylic acids is 2. The first-order valence-corrected chi connectivity index (χ1v) is 14.5. The lowest BCUT2D eigenvalue weighted by Crippen LogP contribution is -2.60. The van der Waals surface area contributed by atoms with Gasteiger partial charge in [0.25, 0.3) is 0 Å². The predicted octanol–water partition coefficient (Wildman–Crippen LogP) is 6.43. The molecule has 0 aromatic heterocycles. The van der Waals surface area contributed by atoms with Gasteiger partial charge >= 0.3 is 5.97 Å². The molecule has 35 heavy (non-hydrogen) atoms. The molecule has 10 atom stereocenters. The number of rotatable bonds is 9. The van der Waals surface area contributed by atoms with Crippen LogP contribution in [0.3, 0.4) is 0 Å². The molecule has 0 spiro atoms. The molecule has 0 aliphatic heterocycles. The van der Waals surface area contributed by atoms with Gasteiger partial charge in [0, 0.05) is 25.4 Å². The standard InChI is InChI=1S/C30H50O5/c1-7-21-25-17-20(35-18-33-6)13-15-30(25,5)24-14-16-29(4)22(10-11-23(29)27(24)28(21)32)19(3)9-12-26(31)34-8-2/h19-25,27H,7-18H2,1-6H3/t19-,20-,21?,22?,23?,24?,25?,27?,29-,30-/m1/s1. The van der Waals surface area contributed by atoms with Crippen LogP contribution < -0.4 is 0 Å². The van der Waals surface area contributed by atoms with E-state index in [1.165, 1.54) is 32.1 Å². The van der Waals surface area contributed by atoms with Gasteiger partial charge in [-0.3, -0.25) is 9.59 Å². The molecule has 4 fully saturated rings. The fourth-order valence-electron chi connectivity index (χ4n) is 9.69. The minimum Gasteiger partial charge on any atom is -0.466 e. The average Bonchev–Trinajstić information content (AvgIpc) is 3.19. The van der Waals surface area contributed by atoms with Crippen molar-refractivity contribution < 1.29 is 23.8 Å². The van der Waals surface area contributed by atoms with E-state index in [4.69, 9.17) is 14.2 Å². The van der Waals surface area contributed by atoms with Gasteiger partial charge in [0.2, 0.25) is 0 Å². The zero-order valence-corrected chi connectivity index (χ0v) is 23.1. The van der Waals surface area contributed by atoms with E-state index in [1.54, 1.807) is 7.11 Å². The Morgan fingerprint density at radius 3 is 2.43 bits per heavy atom. The number of carbonyl (C=O) groups is 2. The summed E-state index contributed by atoms with van der Waals surface area (Å²) >= 11 is 0. The molecule has 4 aliphatic carbocycles. The van der Waals surface area contributed by atoms with E-state index >= 15 is 0 Å². The van der Waals surface area contributed by atoms with Crippen molar-refractivity contribution in [3.63, 3.8) is 0 Å². The zero-order chi connectivity index (χ0) is 25.4. The first-order valence-electron chi connectivity index (χ1n) is 14.5. The Balaban J connectivity index is 1.53. The van der Waals surface area contributed by atoms with Crippen LogP contribution in [0, 0.1) is 52.3 Å². The first kappa shape index (κ1) is 27.1. The molecular formula is C30H50O5. The van der Waals surface area contributed by atoms with Gasteiger partial charge in [-0.25, -0.2) is 0 Å². The summed E-state index contributed by atoms with van der Waals surface area (Å²) in [6.07, 6.45) is 10.6. The smallest absolute Gasteiger partial charge is 0.305 e. The van der Waals surface area contributed by atoms with Gasteiger partial charge in [-0.05, 0) is 105 Å². The van der Waals surface area contributed by atoms with Crippen molar-refractivity contribution in [3.8, 4) is 0 Å². The van der Waals surface area contributed by atoms with Gasteiger partial charge < -0.3 is 14.2 Å². The molecule has 0 bridgehead atoms. The van der Waals surface area contributed by atoms with E-state index in [9.17, 15) is 9.59 Å². The van der Waals surface area contributed by atoms with Crippen LogP contribution in [-0.2, 0) is 23.8 Å². The van der Waals surface area contributed by atoms with Crippen LogP contribution in [0.25, 0.3) is 0 Å². The van der Waals surface area contributed by atoms with E-state index in [1.807, 2.05) is 6.92 Å². The summed E-state index contributed by atoms with van der Waals surface area (Å²) in [4.78, 5) is 26.2. The maximum atomic E-state index is 14.2. The first-order chi connectivity index (χ1) is 16.7. The van der Waals surface area contributed by atoms with Crippen LogP contribution in [0.2, 0.25) is 0 Å². The fourth-order valence-corrected chi connectivity index (χ4v) is 9.69. The Morgan fingerprint density at radius 1 is 1.03 bits per heavy atom. The molecular weight excluding hydrogens is 440 g/mol. The van der Waals surface area contributed by atoms with Crippen LogP contribution in [-0.4, -0.2) is 38.4 Å². The fraction of sp³-hybridized carbons (Fsp3) is 0.933. The molecule has 4 rings (SSSR count). The molecule has 5 nitrogen and oxygen atoms in total. The molecule has 6 unspecified atom stereocenters. The SMILES string of the molecule is CCOC(=O)CC[C@@H](C)C1CCC2C3C(=O)C(CC)C4C[C@H](OCOC)CC[C@]4(C)C3CC[C@@]21C. The Bertz CT molecular complexity index is 766. The van der Waals surface area contributed by atoms with Crippen LogP contribution in [0.4, 0.5) is 0 Å². The van der Waals surface area contributed by atoms with Crippen molar-refractivity contribution in [3.05, 3.63) is 0 Å². The van der Waals surface area contributed by atoms with E-state index in [0.717, 1.165) is 25.7 Å². The third-order valence-corrected chi connectivity index (χ3v) is 11.4. The number of fused-ring (bicyclic) bond motifs is 5. The maximum Gasteiger partial charge on any atom is 0.305 e. The zero-order valence-electron chi connectivity index (χ0n) is 23.1. The van der Waals surface area contributed by atoms with Crippen LogP contribution in [0.1, 0.15) is 98.8 Å². The summed E-state index contributed by atoms with van der Waals surface area (Å²) in [5.74, 6) is 3.42. The van der Waals surface area contributed by atoms with Crippen molar-refractivity contribution in [2.24, 2.45) is 52.3 Å². The highest BCUT2D eigenvalue weighted by Gasteiger charge is 2.65. The number of ether oxygens (including phenoxy) is 3. The molecule has 4 aliphatic rings. The Morgan fingerprint density at radius 2 is 1.74 bits per heavy atom. The van der Waals surface area contributed by atoms with Gasteiger partial charge in [-0.2, -0.15) is 0 Å². The molecule has 0 heterocycles. The molecule has 0 radical (unpaired) electrons. The summed E-state index contributed by atoms with van der Waals surface area (Å²) in [7, 11) is 1.68. The quantitative estimate of drug-likeness (QED) is 0.275. The van der Waals surface area contributed by atoms with E-state index in [-0.39, 0.29) is 34.7 Å². The second kappa shape index (κ2) is 10.8. The second-order valence-electron chi connectivity index (χ2n) is 12.8. The van der Waals surface area contributed by atoms with Gasteiger partial charge in [0.05, 0.1) is 12.7 Å². The van der Waals surface area contributed by atoms with Crippen molar-refractivity contribution in [2.75, 3.05) is 20.5 Å². The number of esters is 1. The molecule has 4 saturated carbocycles. The van der Waals surface area contributed by atoms with E-state index in [0.29, 0.717) is 55.2 Å². The Hall–Kier alpha value is -0.940. The largest absolute Gasteiger partial charge is 0.466 e. The number of hydrogen-bond donors (Lipinski definition) is 0. The molecule has 200 valence electrons. The number of Topliss-reactive ketones (excluding diaryl/α,β-unsaturated/α-hetero) is 1. The van der Waals surface area contributed by atoms with E-state index < -0.39 is 0 Å². The Kier molecular flexibility index (Phi) is 8.37. The van der Waals surface area contributed by atoms with Crippen molar-refractivity contribution >= 4 is 11.8 Å². The van der Waals surface area contributed by atoms with Gasteiger partial charge in [-0.1, -0.05) is 27.7 Å².